The molecule has 0 aliphatic carbocycles. The summed E-state index contributed by atoms with van der Waals surface area (Å²) in [7, 11) is 1.26. The van der Waals surface area contributed by atoms with Crippen LogP contribution in [-0.2, 0) is 20.9 Å². The highest BCUT2D eigenvalue weighted by Crippen LogP contribution is 2.23. The Morgan fingerprint density at radius 2 is 2.03 bits per heavy atom. The first-order chi connectivity index (χ1) is 14.1. The number of nitrogens with one attached hydrogen (secondary N) is 1. The third-order valence-corrected chi connectivity index (χ3v) is 5.63. The van der Waals surface area contributed by atoms with E-state index in [9.17, 15) is 9.59 Å². The Morgan fingerprint density at radius 1 is 1.28 bits per heavy atom. The van der Waals surface area contributed by atoms with E-state index in [1.807, 2.05) is 12.1 Å². The topological polar surface area (TPSA) is 86.6 Å². The molecule has 2 aliphatic rings. The molecule has 0 bridgehead atoms. The van der Waals surface area contributed by atoms with Crippen LogP contribution in [0.4, 0.5) is 0 Å². The van der Waals surface area contributed by atoms with E-state index in [-0.39, 0.29) is 10.8 Å². The second-order valence-electron chi connectivity index (χ2n) is 6.69. The number of carbonyl (C=O) groups is 2. The molecule has 0 saturated carbocycles. The van der Waals surface area contributed by atoms with Crippen molar-refractivity contribution in [3.05, 3.63) is 46.4 Å². The molecule has 0 spiro atoms. The highest BCUT2D eigenvalue weighted by atomic mass is 32.2. The average molecular weight is 416 g/mol. The van der Waals surface area contributed by atoms with Gasteiger partial charge in [0.1, 0.15) is 0 Å². The summed E-state index contributed by atoms with van der Waals surface area (Å²) in [6.07, 6.45) is 2.79. The number of esters is 1. The van der Waals surface area contributed by atoms with Crippen molar-refractivity contribution < 1.29 is 14.3 Å². The lowest BCUT2D eigenvalue weighted by Crippen LogP contribution is -2.45. The van der Waals surface area contributed by atoms with Gasteiger partial charge in [0.25, 0.3) is 5.91 Å². The summed E-state index contributed by atoms with van der Waals surface area (Å²) in [6.45, 7) is 8.63. The van der Waals surface area contributed by atoms with Gasteiger partial charge in [-0.05, 0) is 35.5 Å². The van der Waals surface area contributed by atoms with E-state index in [2.05, 4.69) is 49.1 Å². The van der Waals surface area contributed by atoms with Gasteiger partial charge in [0.05, 0.1) is 18.2 Å². The van der Waals surface area contributed by atoms with Crippen molar-refractivity contribution >= 4 is 35.0 Å². The molecule has 154 valence electrons. The minimum atomic E-state index is -0.583. The highest BCUT2D eigenvalue weighted by Gasteiger charge is 2.25. The fourth-order valence-corrected chi connectivity index (χ4v) is 3.82. The first-order valence-electron chi connectivity index (χ1n) is 9.51. The Bertz CT molecular complexity index is 844. The van der Waals surface area contributed by atoms with Gasteiger partial charge < -0.3 is 9.64 Å². The third kappa shape index (κ3) is 6.25. The molecule has 9 heteroatoms. The van der Waals surface area contributed by atoms with E-state index < -0.39 is 5.97 Å². The normalized spacial score (nSPS) is 21.2. The van der Waals surface area contributed by atoms with E-state index in [1.165, 1.54) is 12.7 Å². The van der Waals surface area contributed by atoms with Crippen LogP contribution in [-0.4, -0.2) is 72.9 Å². The number of hydrogen-bond donors (Lipinski definition) is 1. The van der Waals surface area contributed by atoms with E-state index in [0.717, 1.165) is 62.7 Å². The van der Waals surface area contributed by atoms with Gasteiger partial charge in [-0.3, -0.25) is 15.0 Å². The quantitative estimate of drug-likeness (QED) is 0.327. The number of methoxy groups -OCH3 is 1. The van der Waals surface area contributed by atoms with Crippen molar-refractivity contribution in [2.45, 2.75) is 13.5 Å². The van der Waals surface area contributed by atoms with Gasteiger partial charge in [-0.25, -0.2) is 4.79 Å². The standard InChI is InChI=1S/C20H25N5O3S/c1-3-24-7-9-25(10-8-24)14-16-6-4-5-15(11-16)13-21-23-20-22-19(27)17(29-20)12-18(26)28-2/h4-6,11-13H,3,7-10,14H2,1-2H3,(H,22,23,27)/b17-12+,21-13?. The summed E-state index contributed by atoms with van der Waals surface area (Å²) in [5.74, 6) is -0.972. The van der Waals surface area contributed by atoms with Crippen molar-refractivity contribution in [1.29, 1.82) is 0 Å². The number of ether oxygens (including phenoxy) is 1. The van der Waals surface area contributed by atoms with Crippen molar-refractivity contribution in [1.82, 2.24) is 15.1 Å². The van der Waals surface area contributed by atoms with Gasteiger partial charge in [-0.1, -0.05) is 25.1 Å². The summed E-state index contributed by atoms with van der Waals surface area (Å²) < 4.78 is 4.53. The molecule has 1 amide bonds. The molecule has 0 atom stereocenters. The Labute approximate surface area is 174 Å². The molecule has 2 heterocycles. The van der Waals surface area contributed by atoms with E-state index in [1.54, 1.807) is 6.21 Å². The summed E-state index contributed by atoms with van der Waals surface area (Å²) in [5, 5.41) is 11.0. The third-order valence-electron chi connectivity index (χ3n) is 4.73. The molecule has 29 heavy (non-hydrogen) atoms. The van der Waals surface area contributed by atoms with Crippen LogP contribution < -0.4 is 5.32 Å². The molecule has 2 fully saturated rings. The lowest BCUT2D eigenvalue weighted by molar-refractivity contribution is -0.135. The average Bonchev–Trinajstić information content (AvgIpc) is 3.07. The Kier molecular flexibility index (Phi) is 7.56. The SMILES string of the molecule is CCN1CCN(Cc2cccc(C=N/N=C3/NC(=O)/C(=C\C(=O)OC)S3)c2)CC1. The number of rotatable bonds is 6. The summed E-state index contributed by atoms with van der Waals surface area (Å²) in [5.41, 5.74) is 2.18. The first-order valence-corrected chi connectivity index (χ1v) is 10.3. The number of benzene rings is 1. The second kappa shape index (κ2) is 10.3. The zero-order valence-corrected chi connectivity index (χ0v) is 17.4. The van der Waals surface area contributed by atoms with Crippen LogP contribution in [0.3, 0.4) is 0 Å². The van der Waals surface area contributed by atoms with Gasteiger partial charge in [-0.2, -0.15) is 5.10 Å². The van der Waals surface area contributed by atoms with Crippen LogP contribution in [0.5, 0.6) is 0 Å². The first kappa shape index (κ1) is 21.2. The molecular formula is C20H25N5O3S. The molecule has 1 N–H and O–H groups in total. The van der Waals surface area contributed by atoms with Gasteiger partial charge >= 0.3 is 5.97 Å². The van der Waals surface area contributed by atoms with Crippen LogP contribution >= 0.6 is 11.8 Å². The number of nitrogens with zero attached hydrogens (tertiary/aromatic N) is 4. The second-order valence-corrected chi connectivity index (χ2v) is 7.72. The zero-order valence-electron chi connectivity index (χ0n) is 16.6. The minimum Gasteiger partial charge on any atom is -0.466 e. The highest BCUT2D eigenvalue weighted by molar-refractivity contribution is 8.18. The lowest BCUT2D eigenvalue weighted by Gasteiger charge is -2.34. The van der Waals surface area contributed by atoms with Crippen LogP contribution in [0.25, 0.3) is 0 Å². The van der Waals surface area contributed by atoms with E-state index >= 15 is 0 Å². The Hall–Kier alpha value is -2.49. The number of hydrogen-bond acceptors (Lipinski definition) is 8. The number of piperazine rings is 1. The van der Waals surface area contributed by atoms with Crippen LogP contribution in [0.15, 0.2) is 45.4 Å². The number of carbonyl (C=O) groups excluding carboxylic acids is 2. The maximum absolute atomic E-state index is 11.8. The Balaban J connectivity index is 1.57. The fraction of sp³-hybridized carbons (Fsp3) is 0.400. The van der Waals surface area contributed by atoms with Gasteiger partial charge in [0, 0.05) is 38.8 Å². The summed E-state index contributed by atoms with van der Waals surface area (Å²) in [6, 6.07) is 8.19. The molecule has 0 aromatic heterocycles. The molecule has 0 radical (unpaired) electrons. The van der Waals surface area contributed by atoms with Crippen molar-refractivity contribution in [2.24, 2.45) is 10.2 Å². The van der Waals surface area contributed by atoms with E-state index in [4.69, 9.17) is 0 Å². The van der Waals surface area contributed by atoms with Gasteiger partial charge in [0.15, 0.2) is 5.17 Å². The van der Waals surface area contributed by atoms with Crippen molar-refractivity contribution in [3.63, 3.8) is 0 Å². The smallest absolute Gasteiger partial charge is 0.331 e. The molecule has 1 aromatic rings. The summed E-state index contributed by atoms with van der Waals surface area (Å²) in [4.78, 5) is 28.2. The number of amidine groups is 1. The lowest BCUT2D eigenvalue weighted by atomic mass is 10.1. The number of likely N-dealkylation sites (N-methyl/N-ethyl adjacent to an activating group) is 1. The number of amides is 1. The predicted molar refractivity (Wildman–Crippen MR) is 115 cm³/mol. The van der Waals surface area contributed by atoms with Crippen molar-refractivity contribution in [2.75, 3.05) is 39.8 Å². The minimum absolute atomic E-state index is 0.232. The molecule has 3 rings (SSSR count). The maximum atomic E-state index is 11.8. The van der Waals surface area contributed by atoms with Gasteiger partial charge in [-0.15, -0.1) is 5.10 Å². The predicted octanol–water partition coefficient (Wildman–Crippen LogP) is 1.43. The van der Waals surface area contributed by atoms with Gasteiger partial charge in [0.2, 0.25) is 0 Å². The maximum Gasteiger partial charge on any atom is 0.331 e. The number of thioether (sulfide) groups is 1. The molecule has 2 aliphatic heterocycles. The van der Waals surface area contributed by atoms with Crippen LogP contribution in [0, 0.1) is 0 Å². The monoisotopic (exact) mass is 415 g/mol. The molecule has 1 aromatic carbocycles. The van der Waals surface area contributed by atoms with E-state index in [0.29, 0.717) is 5.17 Å². The fourth-order valence-electron chi connectivity index (χ4n) is 3.08. The van der Waals surface area contributed by atoms with Crippen molar-refractivity contribution in [3.8, 4) is 0 Å². The zero-order chi connectivity index (χ0) is 20.6. The van der Waals surface area contributed by atoms with Crippen LogP contribution in [0.2, 0.25) is 0 Å². The Morgan fingerprint density at radius 3 is 2.76 bits per heavy atom. The molecule has 8 nitrogen and oxygen atoms in total. The largest absolute Gasteiger partial charge is 0.466 e. The summed E-state index contributed by atoms with van der Waals surface area (Å²) >= 11 is 1.05. The molecule has 2 saturated heterocycles. The van der Waals surface area contributed by atoms with Crippen LogP contribution in [0.1, 0.15) is 18.1 Å². The molecular weight excluding hydrogens is 390 g/mol. The molecule has 0 unspecified atom stereocenters.